The smallest absolute Gasteiger partial charge is 0.255 e. The summed E-state index contributed by atoms with van der Waals surface area (Å²) in [4.78, 5) is 59.3. The largest absolute Gasteiger partial charge is 0.510 e. The van der Waals surface area contributed by atoms with Crippen molar-refractivity contribution >= 4 is 34.8 Å². The van der Waals surface area contributed by atoms with E-state index >= 15 is 0 Å². The minimum Gasteiger partial charge on any atom is -0.510 e. The summed E-state index contributed by atoms with van der Waals surface area (Å²) >= 11 is 0. The molecule has 0 radical (unpaired) electrons. The molecule has 1 saturated heterocycles. The Balaban J connectivity index is 1.36. The number of nitrogens with one attached hydrogen (secondary N) is 1. The maximum atomic E-state index is 14.3. The Morgan fingerprint density at radius 1 is 1.02 bits per heavy atom. The molecule has 47 heavy (non-hydrogen) atoms. The number of primary amides is 1. The third-order valence-electron chi connectivity index (χ3n) is 11.2. The average molecular weight is 652 g/mol. The number of nitrogens with two attached hydrogens (primary N) is 1. The molecular formula is C34H45N5O8. The normalized spacial score (nSPS) is 28.8. The first-order valence-corrected chi connectivity index (χ1v) is 16.4. The summed E-state index contributed by atoms with van der Waals surface area (Å²) < 4.78 is 0. The lowest BCUT2D eigenvalue weighted by Crippen LogP contribution is -2.63. The first-order chi connectivity index (χ1) is 22.2. The van der Waals surface area contributed by atoms with Crippen LogP contribution in [0.2, 0.25) is 0 Å². The molecule has 7 N–H and O–H groups in total. The van der Waals surface area contributed by atoms with E-state index in [4.69, 9.17) is 5.73 Å². The van der Waals surface area contributed by atoms with Crippen molar-refractivity contribution < 1.29 is 39.6 Å². The van der Waals surface area contributed by atoms with Crippen LogP contribution in [0.5, 0.6) is 5.75 Å². The van der Waals surface area contributed by atoms with E-state index in [1.807, 2.05) is 0 Å². The second-order valence-electron chi connectivity index (χ2n) is 14.2. The van der Waals surface area contributed by atoms with E-state index in [-0.39, 0.29) is 41.5 Å². The fraction of sp³-hybridized carbons (Fsp3) is 0.588. The third-order valence-corrected chi connectivity index (χ3v) is 11.2. The van der Waals surface area contributed by atoms with Gasteiger partial charge in [-0.2, -0.15) is 0 Å². The highest BCUT2D eigenvalue weighted by Crippen LogP contribution is 2.54. The first kappa shape index (κ1) is 33.0. The van der Waals surface area contributed by atoms with Gasteiger partial charge in [-0.15, -0.1) is 0 Å². The van der Waals surface area contributed by atoms with Crippen LogP contribution < -0.4 is 16.0 Å². The Labute approximate surface area is 273 Å². The minimum absolute atomic E-state index is 0.00255. The second-order valence-corrected chi connectivity index (χ2v) is 14.2. The number of phenolic OH excluding ortho intramolecular Hbond substituents is 1. The van der Waals surface area contributed by atoms with E-state index < -0.39 is 63.8 Å². The summed E-state index contributed by atoms with van der Waals surface area (Å²) in [5.41, 5.74) is 2.61. The molecule has 254 valence electrons. The fourth-order valence-electron chi connectivity index (χ4n) is 8.82. The number of carbonyl (C=O) groups excluding carboxylic acids is 4. The van der Waals surface area contributed by atoms with Crippen LogP contribution in [0.4, 0.5) is 11.4 Å². The van der Waals surface area contributed by atoms with Gasteiger partial charge >= 0.3 is 0 Å². The number of Topliss-reactive ketones (excluding diaryl/α,β-unsaturated/α-hetero) is 2. The zero-order valence-electron chi connectivity index (χ0n) is 27.4. The van der Waals surface area contributed by atoms with E-state index in [0.717, 1.165) is 13.1 Å². The van der Waals surface area contributed by atoms with Crippen molar-refractivity contribution in [2.24, 2.45) is 23.5 Å². The Bertz CT molecular complexity index is 1600. The molecule has 1 aliphatic heterocycles. The van der Waals surface area contributed by atoms with Gasteiger partial charge in [-0.25, -0.2) is 0 Å². The minimum atomic E-state index is -2.72. The molecule has 0 unspecified atom stereocenters. The van der Waals surface area contributed by atoms with Crippen LogP contribution in [0.3, 0.4) is 0 Å². The number of piperidine rings is 1. The molecule has 0 spiro atoms. The number of aliphatic hydroxyl groups excluding tert-OH is 2. The monoisotopic (exact) mass is 651 g/mol. The Kier molecular flexibility index (Phi) is 8.38. The Morgan fingerprint density at radius 2 is 1.66 bits per heavy atom. The van der Waals surface area contributed by atoms with Gasteiger partial charge in [0.05, 0.1) is 17.3 Å². The number of likely N-dealkylation sites (tertiary alicyclic amines) is 1. The van der Waals surface area contributed by atoms with E-state index in [1.165, 1.54) is 30.6 Å². The Morgan fingerprint density at radius 3 is 2.23 bits per heavy atom. The third kappa shape index (κ3) is 5.10. The van der Waals surface area contributed by atoms with Crippen molar-refractivity contribution in [1.29, 1.82) is 0 Å². The van der Waals surface area contributed by atoms with Crippen molar-refractivity contribution in [2.45, 2.75) is 69.1 Å². The fourth-order valence-corrected chi connectivity index (χ4v) is 8.82. The number of carbonyl (C=O) groups is 4. The number of fused-ring (bicyclic) bond motifs is 3. The number of aliphatic hydroxyl groups is 3. The van der Waals surface area contributed by atoms with Crippen molar-refractivity contribution in [3.05, 3.63) is 39.9 Å². The number of hydrogen-bond donors (Lipinski definition) is 6. The van der Waals surface area contributed by atoms with E-state index in [9.17, 15) is 39.6 Å². The molecule has 13 nitrogen and oxygen atoms in total. The maximum Gasteiger partial charge on any atom is 0.255 e. The average Bonchev–Trinajstić information content (AvgIpc) is 3.55. The molecule has 5 aliphatic rings. The molecule has 1 aromatic carbocycles. The molecule has 0 bridgehead atoms. The summed E-state index contributed by atoms with van der Waals surface area (Å²) in [6, 6.07) is 1.16. The van der Waals surface area contributed by atoms with Gasteiger partial charge in [-0.1, -0.05) is 12.8 Å². The van der Waals surface area contributed by atoms with Crippen molar-refractivity contribution in [2.75, 3.05) is 51.5 Å². The number of amides is 2. The van der Waals surface area contributed by atoms with E-state index in [1.54, 1.807) is 39.2 Å². The van der Waals surface area contributed by atoms with Crippen molar-refractivity contribution in [3.8, 4) is 5.75 Å². The van der Waals surface area contributed by atoms with Gasteiger partial charge in [0.1, 0.15) is 17.1 Å². The number of anilines is 2. The molecule has 4 aliphatic carbocycles. The molecular weight excluding hydrogens is 606 g/mol. The van der Waals surface area contributed by atoms with Gasteiger partial charge in [-0.3, -0.25) is 24.1 Å². The van der Waals surface area contributed by atoms with Crippen LogP contribution in [0.15, 0.2) is 28.7 Å². The van der Waals surface area contributed by atoms with Crippen LogP contribution in [-0.2, 0) is 20.8 Å². The standard InChI is InChI=1S/C34H45N5O8/c1-37(2)22-15-21(36-33(46)16-9-11-39(12-10-16)18-7-5-6-8-18)27(40)24-19(22)13-17-14-20-26(38(3)4)29(42)25(32(35)45)31(44)34(20,47)30(43)23(17)28(24)41/h15-18,20,26,40,42-43,47H,5-14H2,1-4H3,(H2,35,45)(H,36,46)/t17-,20-,26-,34-/m0/s1. The van der Waals surface area contributed by atoms with Crippen molar-refractivity contribution in [1.82, 2.24) is 9.80 Å². The number of rotatable bonds is 6. The van der Waals surface area contributed by atoms with Crippen LogP contribution in [0.25, 0.3) is 0 Å². The lowest BCUT2D eigenvalue weighted by atomic mass is 9.58. The van der Waals surface area contributed by atoms with Gasteiger partial charge in [0.15, 0.2) is 17.1 Å². The summed E-state index contributed by atoms with van der Waals surface area (Å²) in [6.45, 7) is 1.66. The lowest BCUT2D eigenvalue weighted by Gasteiger charge is -2.50. The van der Waals surface area contributed by atoms with Crippen LogP contribution >= 0.6 is 0 Å². The van der Waals surface area contributed by atoms with E-state index in [2.05, 4.69) is 10.2 Å². The molecule has 1 aromatic rings. The molecule has 1 saturated carbocycles. The SMILES string of the molecule is CN(C)c1cc(NC(=O)C2CCN(C3CCCC3)CC2)c(O)c2c1C[C@H]1C[C@H]3[C@H](N(C)C)C(O)=C(C(N)=O)C(=O)[C@@]3(O)C(O)=C1C2=O. The van der Waals surface area contributed by atoms with Gasteiger partial charge in [0.25, 0.3) is 5.91 Å². The predicted molar refractivity (Wildman–Crippen MR) is 173 cm³/mol. The van der Waals surface area contributed by atoms with Gasteiger partial charge in [0, 0.05) is 43.2 Å². The summed E-state index contributed by atoms with van der Waals surface area (Å²) in [5, 5.41) is 48.8. The molecule has 2 fully saturated rings. The molecule has 4 atom stereocenters. The number of ketones is 2. The first-order valence-electron chi connectivity index (χ1n) is 16.4. The van der Waals surface area contributed by atoms with Crippen LogP contribution in [-0.4, -0.2) is 113 Å². The van der Waals surface area contributed by atoms with Crippen LogP contribution in [0.1, 0.15) is 60.9 Å². The highest BCUT2D eigenvalue weighted by Gasteiger charge is 2.63. The number of allylic oxidation sites excluding steroid dienone is 1. The molecule has 0 aromatic heterocycles. The van der Waals surface area contributed by atoms with Crippen molar-refractivity contribution in [3.63, 3.8) is 0 Å². The zero-order chi connectivity index (χ0) is 34.1. The number of nitrogens with zero attached hydrogens (tertiary/aromatic N) is 3. The van der Waals surface area contributed by atoms with Gasteiger partial charge in [0.2, 0.25) is 11.7 Å². The summed E-state index contributed by atoms with van der Waals surface area (Å²) in [6.07, 6.45) is 6.41. The van der Waals surface area contributed by atoms with Gasteiger partial charge < -0.3 is 41.3 Å². The molecule has 13 heteroatoms. The maximum absolute atomic E-state index is 14.3. The Hall–Kier alpha value is -3.94. The number of phenols is 1. The number of benzene rings is 1. The summed E-state index contributed by atoms with van der Waals surface area (Å²) in [5.74, 6) is -7.66. The quantitative estimate of drug-likeness (QED) is 0.194. The predicted octanol–water partition coefficient (Wildman–Crippen LogP) is 1.78. The van der Waals surface area contributed by atoms with E-state index in [0.29, 0.717) is 30.1 Å². The molecule has 6 rings (SSSR count). The number of aromatic hydroxyl groups is 1. The topological polar surface area (TPSA) is 197 Å². The zero-order valence-corrected chi connectivity index (χ0v) is 27.4. The summed E-state index contributed by atoms with van der Waals surface area (Å²) in [7, 11) is 6.73. The molecule has 2 amide bonds. The number of hydrogen-bond acceptors (Lipinski definition) is 11. The van der Waals surface area contributed by atoms with Gasteiger partial charge in [-0.05, 0) is 83.3 Å². The highest BCUT2D eigenvalue weighted by atomic mass is 16.3. The highest BCUT2D eigenvalue weighted by molar-refractivity contribution is 6.25. The number of likely N-dealkylation sites (N-methyl/N-ethyl adjacent to an activating group) is 1. The molecule has 1 heterocycles. The lowest BCUT2D eigenvalue weighted by molar-refractivity contribution is -0.148. The second kappa shape index (κ2) is 11.9. The van der Waals surface area contributed by atoms with Crippen LogP contribution in [0, 0.1) is 17.8 Å².